The number of rotatable bonds is 6. The van der Waals surface area contributed by atoms with Crippen LogP contribution in [0.2, 0.25) is 0 Å². The number of alkyl halides is 5. The van der Waals surface area contributed by atoms with Crippen molar-refractivity contribution in [3.8, 4) is 5.75 Å². The Kier molecular flexibility index (Phi) is 6.54. The van der Waals surface area contributed by atoms with Gasteiger partial charge in [0.15, 0.2) is 0 Å². The molecule has 1 aromatic carbocycles. The van der Waals surface area contributed by atoms with Crippen molar-refractivity contribution in [1.82, 2.24) is 10.6 Å². The molecule has 0 fully saturated rings. The first kappa shape index (κ1) is 18.5. The minimum atomic E-state index is -4.54. The van der Waals surface area contributed by atoms with Crippen LogP contribution in [0.3, 0.4) is 0 Å². The van der Waals surface area contributed by atoms with Gasteiger partial charge in [-0.1, -0.05) is 0 Å². The van der Waals surface area contributed by atoms with Crippen LogP contribution in [0, 0.1) is 0 Å². The number of nitrogens with one attached hydrogen (secondary N) is 3. The number of carbonyl (C=O) groups excluding carboxylic acids is 2. The SMILES string of the molecule is O=C(CNC(=O)Nc1ccc(OC(F)F)cc1)NCC(F)(F)F. The third-order valence-corrected chi connectivity index (χ3v) is 2.23. The lowest BCUT2D eigenvalue weighted by molar-refractivity contribution is -0.137. The lowest BCUT2D eigenvalue weighted by atomic mass is 10.3. The summed E-state index contributed by atoms with van der Waals surface area (Å²) in [6, 6.07) is 4.03. The van der Waals surface area contributed by atoms with E-state index in [1.54, 1.807) is 5.32 Å². The van der Waals surface area contributed by atoms with E-state index in [9.17, 15) is 31.5 Å². The van der Waals surface area contributed by atoms with E-state index in [2.05, 4.69) is 10.1 Å². The maximum Gasteiger partial charge on any atom is 0.405 e. The van der Waals surface area contributed by atoms with Crippen LogP contribution < -0.4 is 20.7 Å². The van der Waals surface area contributed by atoms with Gasteiger partial charge in [-0.15, -0.1) is 0 Å². The van der Waals surface area contributed by atoms with Gasteiger partial charge in [-0.25, -0.2) is 4.79 Å². The largest absolute Gasteiger partial charge is 0.435 e. The van der Waals surface area contributed by atoms with E-state index in [1.165, 1.54) is 24.3 Å². The lowest BCUT2D eigenvalue weighted by Gasteiger charge is -2.10. The van der Waals surface area contributed by atoms with Crippen molar-refractivity contribution in [2.24, 2.45) is 0 Å². The van der Waals surface area contributed by atoms with E-state index in [-0.39, 0.29) is 11.4 Å². The highest BCUT2D eigenvalue weighted by Crippen LogP contribution is 2.17. The van der Waals surface area contributed by atoms with E-state index < -0.39 is 37.8 Å². The van der Waals surface area contributed by atoms with Crippen molar-refractivity contribution in [2.75, 3.05) is 18.4 Å². The zero-order chi connectivity index (χ0) is 17.5. The van der Waals surface area contributed by atoms with E-state index in [0.717, 1.165) is 0 Å². The number of halogens is 5. The highest BCUT2D eigenvalue weighted by Gasteiger charge is 2.27. The van der Waals surface area contributed by atoms with Crippen LogP contribution in [0.5, 0.6) is 5.75 Å². The molecule has 0 saturated carbocycles. The Hall–Kier alpha value is -2.59. The Labute approximate surface area is 127 Å². The summed E-state index contributed by atoms with van der Waals surface area (Å²) < 4.78 is 63.5. The molecule has 6 nitrogen and oxygen atoms in total. The summed E-state index contributed by atoms with van der Waals surface area (Å²) in [4.78, 5) is 22.5. The van der Waals surface area contributed by atoms with E-state index >= 15 is 0 Å². The van der Waals surface area contributed by atoms with Gasteiger partial charge in [0.1, 0.15) is 12.3 Å². The van der Waals surface area contributed by atoms with Crippen molar-refractivity contribution in [3.05, 3.63) is 24.3 Å². The van der Waals surface area contributed by atoms with Crippen LogP contribution in [-0.4, -0.2) is 37.8 Å². The van der Waals surface area contributed by atoms with Gasteiger partial charge in [0.2, 0.25) is 5.91 Å². The van der Waals surface area contributed by atoms with E-state index in [1.807, 2.05) is 5.32 Å². The zero-order valence-electron chi connectivity index (χ0n) is 11.4. The van der Waals surface area contributed by atoms with Crippen LogP contribution in [0.25, 0.3) is 0 Å². The first-order chi connectivity index (χ1) is 10.7. The zero-order valence-corrected chi connectivity index (χ0v) is 11.4. The maximum atomic E-state index is 11.9. The quantitative estimate of drug-likeness (QED) is 0.693. The smallest absolute Gasteiger partial charge is 0.405 e. The van der Waals surface area contributed by atoms with Gasteiger partial charge >= 0.3 is 18.8 Å². The van der Waals surface area contributed by atoms with Crippen molar-refractivity contribution in [2.45, 2.75) is 12.8 Å². The van der Waals surface area contributed by atoms with Gasteiger partial charge in [0.25, 0.3) is 0 Å². The maximum absolute atomic E-state index is 11.9. The highest BCUT2D eigenvalue weighted by molar-refractivity contribution is 5.92. The summed E-state index contributed by atoms with van der Waals surface area (Å²) >= 11 is 0. The first-order valence-electron chi connectivity index (χ1n) is 6.09. The molecule has 0 bridgehead atoms. The van der Waals surface area contributed by atoms with Crippen molar-refractivity contribution in [3.63, 3.8) is 0 Å². The molecule has 11 heteroatoms. The molecule has 0 unspecified atom stereocenters. The van der Waals surface area contributed by atoms with Gasteiger partial charge in [-0.05, 0) is 24.3 Å². The Balaban J connectivity index is 2.35. The third-order valence-electron chi connectivity index (χ3n) is 2.23. The molecule has 128 valence electrons. The third kappa shape index (κ3) is 8.44. The molecule has 0 aliphatic heterocycles. The van der Waals surface area contributed by atoms with Gasteiger partial charge in [-0.3, -0.25) is 4.79 Å². The summed E-state index contributed by atoms with van der Waals surface area (Å²) in [5.74, 6) is -1.13. The fraction of sp³-hybridized carbons (Fsp3) is 0.333. The normalized spacial score (nSPS) is 11.0. The molecule has 0 aliphatic carbocycles. The monoisotopic (exact) mass is 341 g/mol. The minimum absolute atomic E-state index is 0.113. The van der Waals surface area contributed by atoms with Crippen LogP contribution in [0.4, 0.5) is 32.4 Å². The average Bonchev–Trinajstić information content (AvgIpc) is 2.44. The number of urea groups is 1. The minimum Gasteiger partial charge on any atom is -0.435 e. The predicted octanol–water partition coefficient (Wildman–Crippen LogP) is 2.09. The van der Waals surface area contributed by atoms with Crippen molar-refractivity contribution >= 4 is 17.6 Å². The fourth-order valence-corrected chi connectivity index (χ4v) is 1.32. The second-order valence-corrected chi connectivity index (χ2v) is 4.10. The molecule has 0 aromatic heterocycles. The van der Waals surface area contributed by atoms with Crippen molar-refractivity contribution < 1.29 is 36.3 Å². The molecule has 0 saturated heterocycles. The Morgan fingerprint density at radius 3 is 2.22 bits per heavy atom. The van der Waals surface area contributed by atoms with Gasteiger partial charge in [0, 0.05) is 5.69 Å². The van der Waals surface area contributed by atoms with Gasteiger partial charge < -0.3 is 20.7 Å². The number of anilines is 1. The van der Waals surface area contributed by atoms with Crippen LogP contribution in [0.15, 0.2) is 24.3 Å². The van der Waals surface area contributed by atoms with Gasteiger partial charge in [0.05, 0.1) is 6.54 Å². The molecule has 0 spiro atoms. The standard InChI is InChI=1S/C12H12F5N3O3/c13-10(14)23-8-3-1-7(2-4-8)20-11(22)18-5-9(21)19-6-12(15,16)17/h1-4,10H,5-6H2,(H,19,21)(H2,18,20,22). The number of ether oxygens (including phenoxy) is 1. The molecule has 1 rings (SSSR count). The molecule has 0 radical (unpaired) electrons. The van der Waals surface area contributed by atoms with Gasteiger partial charge in [-0.2, -0.15) is 22.0 Å². The number of benzene rings is 1. The van der Waals surface area contributed by atoms with Crippen LogP contribution in [-0.2, 0) is 4.79 Å². The average molecular weight is 341 g/mol. The Morgan fingerprint density at radius 1 is 1.09 bits per heavy atom. The van der Waals surface area contributed by atoms with E-state index in [4.69, 9.17) is 0 Å². The molecule has 0 aliphatic rings. The molecule has 0 heterocycles. The van der Waals surface area contributed by atoms with Crippen LogP contribution >= 0.6 is 0 Å². The first-order valence-corrected chi connectivity index (χ1v) is 6.09. The Bertz CT molecular complexity index is 534. The Morgan fingerprint density at radius 2 is 1.70 bits per heavy atom. The van der Waals surface area contributed by atoms with Crippen LogP contribution in [0.1, 0.15) is 0 Å². The molecule has 23 heavy (non-hydrogen) atoms. The molecule has 3 N–H and O–H groups in total. The molecule has 0 atom stereocenters. The number of amides is 3. The fourth-order valence-electron chi connectivity index (χ4n) is 1.32. The summed E-state index contributed by atoms with van der Waals surface area (Å²) in [6.07, 6.45) is -4.54. The second kappa shape index (κ2) is 8.15. The number of hydrogen-bond acceptors (Lipinski definition) is 3. The lowest BCUT2D eigenvalue weighted by Crippen LogP contribution is -2.42. The summed E-state index contributed by atoms with van der Waals surface area (Å²) in [6.45, 7) is -5.14. The number of hydrogen-bond donors (Lipinski definition) is 3. The van der Waals surface area contributed by atoms with E-state index in [0.29, 0.717) is 0 Å². The molecule has 1 aromatic rings. The predicted molar refractivity (Wildman–Crippen MR) is 69.2 cm³/mol. The summed E-state index contributed by atoms with van der Waals surface area (Å²) in [5, 5.41) is 5.86. The molecule has 3 amide bonds. The topological polar surface area (TPSA) is 79.5 Å². The highest BCUT2D eigenvalue weighted by atomic mass is 19.4. The van der Waals surface area contributed by atoms with Crippen molar-refractivity contribution in [1.29, 1.82) is 0 Å². The summed E-state index contributed by atoms with van der Waals surface area (Å²) in [7, 11) is 0. The number of carbonyl (C=O) groups is 2. The second-order valence-electron chi connectivity index (χ2n) is 4.10. The molecular formula is C12H12F5N3O3. The molecular weight excluding hydrogens is 329 g/mol. The summed E-state index contributed by atoms with van der Waals surface area (Å²) in [5.41, 5.74) is 0.208.